The minimum atomic E-state index is -0.724. The van der Waals surface area contributed by atoms with E-state index in [0.717, 1.165) is 11.1 Å². The van der Waals surface area contributed by atoms with Crippen molar-refractivity contribution in [1.82, 2.24) is 15.5 Å². The van der Waals surface area contributed by atoms with E-state index in [-0.39, 0.29) is 18.3 Å². The molecule has 0 unspecified atom stereocenters. The van der Waals surface area contributed by atoms with Gasteiger partial charge in [-0.3, -0.25) is 9.59 Å². The summed E-state index contributed by atoms with van der Waals surface area (Å²) >= 11 is 0. The zero-order valence-corrected chi connectivity index (χ0v) is 15.0. The molecule has 7 nitrogen and oxygen atoms in total. The number of carbonyl (C=O) groups is 2. The van der Waals surface area contributed by atoms with Gasteiger partial charge in [0.25, 0.3) is 11.8 Å². The van der Waals surface area contributed by atoms with Crippen molar-refractivity contribution in [3.63, 3.8) is 0 Å². The molecule has 1 atom stereocenters. The highest BCUT2D eigenvalue weighted by atomic mass is 16.6. The molecule has 0 saturated heterocycles. The van der Waals surface area contributed by atoms with Crippen molar-refractivity contribution in [2.75, 3.05) is 6.54 Å². The van der Waals surface area contributed by atoms with E-state index in [1.165, 1.54) is 0 Å². The lowest BCUT2D eigenvalue weighted by molar-refractivity contribution is -0.148. The van der Waals surface area contributed by atoms with E-state index >= 15 is 0 Å². The average molecular weight is 365 g/mol. The van der Waals surface area contributed by atoms with Gasteiger partial charge < -0.3 is 14.5 Å². The van der Waals surface area contributed by atoms with Crippen LogP contribution in [0.25, 0.3) is 11.5 Å². The highest BCUT2D eigenvalue weighted by Gasteiger charge is 2.19. The lowest BCUT2D eigenvalue weighted by Crippen LogP contribution is -2.31. The number of hydrogen-bond acceptors (Lipinski definition) is 6. The van der Waals surface area contributed by atoms with Gasteiger partial charge in [0.05, 0.1) is 0 Å². The Bertz CT molecular complexity index is 920. The summed E-state index contributed by atoms with van der Waals surface area (Å²) in [6.07, 6.45) is -0.724. The Morgan fingerprint density at radius 2 is 1.78 bits per heavy atom. The lowest BCUT2D eigenvalue weighted by Gasteiger charge is -2.10. The Balaban J connectivity index is 1.54. The fraction of sp³-hybridized carbons (Fsp3) is 0.200. The summed E-state index contributed by atoms with van der Waals surface area (Å²) in [4.78, 5) is 23.9. The van der Waals surface area contributed by atoms with Crippen LogP contribution in [-0.4, -0.2) is 28.6 Å². The first-order valence-corrected chi connectivity index (χ1v) is 8.46. The number of esters is 1. The molecule has 138 valence electrons. The smallest absolute Gasteiger partial charge is 0.326 e. The van der Waals surface area contributed by atoms with Gasteiger partial charge in [-0.25, -0.2) is 0 Å². The van der Waals surface area contributed by atoms with Crippen molar-refractivity contribution >= 4 is 11.9 Å². The number of rotatable bonds is 6. The first-order valence-electron chi connectivity index (χ1n) is 8.46. The van der Waals surface area contributed by atoms with E-state index in [9.17, 15) is 9.59 Å². The second-order valence-electron chi connectivity index (χ2n) is 5.99. The topological polar surface area (TPSA) is 94.3 Å². The van der Waals surface area contributed by atoms with Gasteiger partial charge in [0.2, 0.25) is 5.89 Å². The van der Waals surface area contributed by atoms with Gasteiger partial charge in [0.15, 0.2) is 6.10 Å². The van der Waals surface area contributed by atoms with Crippen molar-refractivity contribution in [3.8, 4) is 11.5 Å². The molecule has 0 fully saturated rings. The Hall–Kier alpha value is -3.48. The summed E-state index contributed by atoms with van der Waals surface area (Å²) in [7, 11) is 0. The van der Waals surface area contributed by atoms with E-state index in [0.29, 0.717) is 11.5 Å². The maximum Gasteiger partial charge on any atom is 0.326 e. The first kappa shape index (κ1) is 18.3. The van der Waals surface area contributed by atoms with Crippen molar-refractivity contribution in [1.29, 1.82) is 0 Å². The zero-order valence-electron chi connectivity index (χ0n) is 15.0. The summed E-state index contributed by atoms with van der Waals surface area (Å²) in [6, 6.07) is 16.3. The van der Waals surface area contributed by atoms with Gasteiger partial charge in [-0.15, -0.1) is 10.2 Å². The molecule has 1 aromatic heterocycles. The van der Waals surface area contributed by atoms with Crippen LogP contribution in [0.1, 0.15) is 34.8 Å². The summed E-state index contributed by atoms with van der Waals surface area (Å²) in [5.74, 6) is -0.403. The molecule has 0 bridgehead atoms. The van der Waals surface area contributed by atoms with Crippen LogP contribution in [0.2, 0.25) is 0 Å². The third-order valence-corrected chi connectivity index (χ3v) is 3.82. The van der Waals surface area contributed by atoms with Crippen molar-refractivity contribution in [3.05, 3.63) is 71.6 Å². The molecular formula is C20H19N3O4. The molecule has 2 aromatic carbocycles. The van der Waals surface area contributed by atoms with Crippen LogP contribution < -0.4 is 5.32 Å². The molecular weight excluding hydrogens is 346 g/mol. The number of carbonyl (C=O) groups excluding carboxylic acids is 2. The van der Waals surface area contributed by atoms with Crippen molar-refractivity contribution in [2.45, 2.75) is 20.0 Å². The van der Waals surface area contributed by atoms with Crippen molar-refractivity contribution in [2.24, 2.45) is 0 Å². The first-order chi connectivity index (χ1) is 13.0. The fourth-order valence-corrected chi connectivity index (χ4v) is 2.34. The van der Waals surface area contributed by atoms with Crippen LogP contribution in [0, 0.1) is 6.92 Å². The summed E-state index contributed by atoms with van der Waals surface area (Å²) in [6.45, 7) is 3.36. The largest absolute Gasteiger partial charge is 0.451 e. The molecule has 1 amide bonds. The maximum atomic E-state index is 12.0. The van der Waals surface area contributed by atoms with E-state index in [1.807, 2.05) is 37.3 Å². The number of benzene rings is 2. The number of aryl methyl sites for hydroxylation is 1. The molecule has 0 aliphatic carbocycles. The third-order valence-electron chi connectivity index (χ3n) is 3.82. The number of amides is 1. The molecule has 0 aliphatic heterocycles. The van der Waals surface area contributed by atoms with E-state index in [2.05, 4.69) is 15.5 Å². The normalized spacial score (nSPS) is 11.6. The monoisotopic (exact) mass is 365 g/mol. The van der Waals surface area contributed by atoms with Gasteiger partial charge in [0, 0.05) is 11.1 Å². The predicted molar refractivity (Wildman–Crippen MR) is 97.8 cm³/mol. The summed E-state index contributed by atoms with van der Waals surface area (Å²) in [5.41, 5.74) is 2.38. The van der Waals surface area contributed by atoms with Crippen LogP contribution in [0.5, 0.6) is 0 Å². The molecule has 0 aliphatic rings. The standard InChI is InChI=1S/C20H19N3O4/c1-13-8-10-16(11-9-13)20-23-22-19(27-20)14(2)26-17(24)12-21-18(25)15-6-4-3-5-7-15/h3-11,14H,12H2,1-2H3,(H,21,25)/t14-/m0/s1. The summed E-state index contributed by atoms with van der Waals surface area (Å²) < 4.78 is 10.8. The Kier molecular flexibility index (Phi) is 5.61. The Morgan fingerprint density at radius 3 is 2.48 bits per heavy atom. The quantitative estimate of drug-likeness (QED) is 0.675. The molecule has 1 N–H and O–H groups in total. The van der Waals surface area contributed by atoms with Crippen LogP contribution in [0.15, 0.2) is 59.0 Å². The second kappa shape index (κ2) is 8.27. The minimum Gasteiger partial charge on any atom is -0.451 e. The van der Waals surface area contributed by atoms with Gasteiger partial charge in [-0.05, 0) is 38.1 Å². The van der Waals surface area contributed by atoms with E-state index in [4.69, 9.17) is 9.15 Å². The lowest BCUT2D eigenvalue weighted by atomic mass is 10.1. The molecule has 3 aromatic rings. The van der Waals surface area contributed by atoms with Crippen molar-refractivity contribution < 1.29 is 18.7 Å². The van der Waals surface area contributed by atoms with Crippen LogP contribution >= 0.6 is 0 Å². The average Bonchev–Trinajstić information content (AvgIpc) is 3.18. The second-order valence-corrected chi connectivity index (χ2v) is 5.99. The molecule has 7 heteroatoms. The fourth-order valence-electron chi connectivity index (χ4n) is 2.34. The van der Waals surface area contributed by atoms with Crippen LogP contribution in [0.4, 0.5) is 0 Å². The van der Waals surface area contributed by atoms with Gasteiger partial charge >= 0.3 is 5.97 Å². The minimum absolute atomic E-state index is 0.188. The van der Waals surface area contributed by atoms with E-state index < -0.39 is 12.1 Å². The molecule has 0 saturated carbocycles. The number of ether oxygens (including phenoxy) is 1. The van der Waals surface area contributed by atoms with Gasteiger partial charge in [0.1, 0.15) is 6.54 Å². The number of aromatic nitrogens is 2. The SMILES string of the molecule is Cc1ccc(-c2nnc([C@H](C)OC(=O)CNC(=O)c3ccccc3)o2)cc1. The molecule has 27 heavy (non-hydrogen) atoms. The predicted octanol–water partition coefficient (Wildman–Crippen LogP) is 3.08. The maximum absolute atomic E-state index is 12.0. The molecule has 3 rings (SSSR count). The highest BCUT2D eigenvalue weighted by molar-refractivity contribution is 5.95. The van der Waals surface area contributed by atoms with Crippen LogP contribution in [-0.2, 0) is 9.53 Å². The number of nitrogens with zero attached hydrogens (tertiary/aromatic N) is 2. The Labute approximate surface area is 156 Å². The zero-order chi connectivity index (χ0) is 19.2. The Morgan fingerprint density at radius 1 is 1.07 bits per heavy atom. The number of nitrogens with one attached hydrogen (secondary N) is 1. The molecule has 0 radical (unpaired) electrons. The number of hydrogen-bond donors (Lipinski definition) is 1. The van der Waals surface area contributed by atoms with E-state index in [1.54, 1.807) is 31.2 Å². The van der Waals surface area contributed by atoms with Crippen LogP contribution in [0.3, 0.4) is 0 Å². The molecule has 1 heterocycles. The third kappa shape index (κ3) is 4.78. The van der Waals surface area contributed by atoms with Gasteiger partial charge in [-0.1, -0.05) is 35.9 Å². The molecule has 0 spiro atoms. The highest BCUT2D eigenvalue weighted by Crippen LogP contribution is 2.22. The summed E-state index contributed by atoms with van der Waals surface area (Å²) in [5, 5.41) is 10.4. The van der Waals surface area contributed by atoms with Gasteiger partial charge in [-0.2, -0.15) is 0 Å².